The van der Waals surface area contributed by atoms with Gasteiger partial charge in [0.1, 0.15) is 6.10 Å². The first-order valence-corrected chi connectivity index (χ1v) is 8.79. The number of nitrogens with zero attached hydrogens (tertiary/aromatic N) is 4. The maximum atomic E-state index is 12.7. The van der Waals surface area contributed by atoms with Gasteiger partial charge in [-0.25, -0.2) is 4.98 Å². The summed E-state index contributed by atoms with van der Waals surface area (Å²) < 4.78 is 7.87. The smallest absolute Gasteiger partial charge is 0.224 e. The van der Waals surface area contributed by atoms with Crippen LogP contribution in [0, 0.1) is 0 Å². The fraction of sp³-hybridized carbons (Fsp3) is 0.611. The number of H-pyrrole nitrogens is 1. The molecule has 2 atom stereocenters. The normalized spacial score (nSPS) is 19.8. The number of rotatable bonds is 4. The van der Waals surface area contributed by atoms with Crippen molar-refractivity contribution < 1.29 is 9.53 Å². The zero-order valence-corrected chi connectivity index (χ0v) is 15.4. The number of hydrogen-bond acceptors (Lipinski definition) is 4. The lowest BCUT2D eigenvalue weighted by Crippen LogP contribution is -2.43. The number of aromatic nitrogens is 4. The molecule has 1 saturated heterocycles. The lowest BCUT2D eigenvalue weighted by Gasteiger charge is -2.32. The minimum absolute atomic E-state index is 0.120. The largest absolute Gasteiger partial charge is 0.367 e. The average molecular weight is 345 g/mol. The number of carbonyl (C=O) groups excluding carboxylic acids is 1. The molecular weight excluding hydrogens is 318 g/mol. The minimum atomic E-state index is -0.247. The highest BCUT2D eigenvalue weighted by atomic mass is 16.5. The van der Waals surface area contributed by atoms with Gasteiger partial charge in [0.05, 0.1) is 13.2 Å². The lowest BCUT2D eigenvalue weighted by molar-refractivity contribution is -0.140. The molecule has 2 aromatic heterocycles. The van der Waals surface area contributed by atoms with Gasteiger partial charge < -0.3 is 14.2 Å². The van der Waals surface area contributed by atoms with Gasteiger partial charge in [-0.15, -0.1) is 0 Å². The maximum absolute atomic E-state index is 12.7. The van der Waals surface area contributed by atoms with Crippen LogP contribution in [0.5, 0.6) is 0 Å². The van der Waals surface area contributed by atoms with E-state index in [9.17, 15) is 4.79 Å². The molecule has 1 fully saturated rings. The topological polar surface area (TPSA) is 76.0 Å². The molecule has 0 radical (unpaired) electrons. The SMILES string of the molecule is CC(CC(=O)N1CCOC(c2nc(C(C)(C)C)n[nH]2)C1)n1cccc1. The fourth-order valence-corrected chi connectivity index (χ4v) is 2.92. The van der Waals surface area contributed by atoms with Crippen molar-refractivity contribution in [2.24, 2.45) is 0 Å². The molecule has 0 bridgehead atoms. The number of morpholine rings is 1. The summed E-state index contributed by atoms with van der Waals surface area (Å²) in [6.07, 6.45) is 4.21. The standard InChI is InChI=1S/C18H27N5O2/c1-13(22-7-5-6-8-22)11-15(24)23-9-10-25-14(12-23)16-19-17(21-20-16)18(2,3)4/h5-8,13-14H,9-12H2,1-4H3,(H,19,20,21). The van der Waals surface area contributed by atoms with Gasteiger partial charge in [-0.1, -0.05) is 20.8 Å². The highest BCUT2D eigenvalue weighted by Gasteiger charge is 2.29. The molecule has 0 aliphatic carbocycles. The quantitative estimate of drug-likeness (QED) is 0.923. The Balaban J connectivity index is 1.62. The molecule has 0 saturated carbocycles. The molecule has 3 heterocycles. The summed E-state index contributed by atoms with van der Waals surface area (Å²) in [6.45, 7) is 9.91. The predicted octanol–water partition coefficient (Wildman–Crippen LogP) is 2.45. The molecule has 0 spiro atoms. The van der Waals surface area contributed by atoms with E-state index in [-0.39, 0.29) is 23.5 Å². The molecule has 7 nitrogen and oxygen atoms in total. The summed E-state index contributed by atoms with van der Waals surface area (Å²) in [5, 5.41) is 7.27. The Morgan fingerprint density at radius 2 is 2.12 bits per heavy atom. The van der Waals surface area contributed by atoms with E-state index < -0.39 is 0 Å². The molecule has 136 valence electrons. The lowest BCUT2D eigenvalue weighted by atomic mass is 9.96. The van der Waals surface area contributed by atoms with Crippen LogP contribution in [0.1, 0.15) is 57.9 Å². The van der Waals surface area contributed by atoms with Crippen LogP contribution in [0.2, 0.25) is 0 Å². The highest BCUT2D eigenvalue weighted by molar-refractivity contribution is 5.76. The molecule has 1 aliphatic heterocycles. The van der Waals surface area contributed by atoms with Gasteiger partial charge in [-0.05, 0) is 19.1 Å². The fourth-order valence-electron chi connectivity index (χ4n) is 2.92. The van der Waals surface area contributed by atoms with Crippen LogP contribution in [-0.2, 0) is 14.9 Å². The van der Waals surface area contributed by atoms with Crippen LogP contribution in [0.3, 0.4) is 0 Å². The summed E-state index contributed by atoms with van der Waals surface area (Å²) in [6, 6.07) is 4.09. The van der Waals surface area contributed by atoms with Crippen LogP contribution >= 0.6 is 0 Å². The van der Waals surface area contributed by atoms with E-state index in [4.69, 9.17) is 4.74 Å². The summed E-state index contributed by atoms with van der Waals surface area (Å²) in [4.78, 5) is 19.1. The number of carbonyl (C=O) groups is 1. The van der Waals surface area contributed by atoms with Gasteiger partial charge in [-0.2, -0.15) is 5.10 Å². The summed E-state index contributed by atoms with van der Waals surface area (Å²) >= 11 is 0. The van der Waals surface area contributed by atoms with E-state index in [1.807, 2.05) is 29.4 Å². The molecule has 0 aromatic carbocycles. The highest BCUT2D eigenvalue weighted by Crippen LogP contribution is 2.24. The van der Waals surface area contributed by atoms with Crippen LogP contribution < -0.4 is 0 Å². The van der Waals surface area contributed by atoms with Crippen molar-refractivity contribution in [1.29, 1.82) is 0 Å². The molecule has 2 aromatic rings. The van der Waals surface area contributed by atoms with Crippen molar-refractivity contribution in [1.82, 2.24) is 24.6 Å². The van der Waals surface area contributed by atoms with Gasteiger partial charge in [0.2, 0.25) is 5.91 Å². The van der Waals surface area contributed by atoms with Crippen LogP contribution in [-0.4, -0.2) is 50.3 Å². The number of ether oxygens (including phenoxy) is 1. The number of aromatic amines is 1. The molecular formula is C18H27N5O2. The number of nitrogens with one attached hydrogen (secondary N) is 1. The zero-order chi connectivity index (χ0) is 18.0. The predicted molar refractivity (Wildman–Crippen MR) is 94.1 cm³/mol. The minimum Gasteiger partial charge on any atom is -0.367 e. The third-order valence-corrected chi connectivity index (χ3v) is 4.50. The molecule has 1 amide bonds. The van der Waals surface area contributed by atoms with Crippen LogP contribution in [0.4, 0.5) is 0 Å². The van der Waals surface area contributed by atoms with Crippen molar-refractivity contribution in [3.63, 3.8) is 0 Å². The summed E-state index contributed by atoms with van der Waals surface area (Å²) in [5.41, 5.74) is -0.120. The summed E-state index contributed by atoms with van der Waals surface area (Å²) in [7, 11) is 0. The molecule has 1 aliphatic rings. The Morgan fingerprint density at radius 1 is 1.40 bits per heavy atom. The van der Waals surface area contributed by atoms with Crippen molar-refractivity contribution in [3.05, 3.63) is 36.2 Å². The van der Waals surface area contributed by atoms with Crippen molar-refractivity contribution in [2.75, 3.05) is 19.7 Å². The number of amides is 1. The molecule has 25 heavy (non-hydrogen) atoms. The first-order valence-electron chi connectivity index (χ1n) is 8.79. The third kappa shape index (κ3) is 4.10. The first kappa shape index (κ1) is 17.7. The van der Waals surface area contributed by atoms with Gasteiger partial charge in [0, 0.05) is 36.8 Å². The molecule has 2 unspecified atom stereocenters. The van der Waals surface area contributed by atoms with Gasteiger partial charge >= 0.3 is 0 Å². The second-order valence-electron chi connectivity index (χ2n) is 7.68. The number of hydrogen-bond donors (Lipinski definition) is 1. The van der Waals surface area contributed by atoms with Crippen molar-refractivity contribution in [2.45, 2.75) is 51.7 Å². The third-order valence-electron chi connectivity index (χ3n) is 4.50. The van der Waals surface area contributed by atoms with Gasteiger partial charge in [0.15, 0.2) is 11.6 Å². The first-order chi connectivity index (χ1) is 11.8. The second kappa shape index (κ2) is 7.00. The second-order valence-corrected chi connectivity index (χ2v) is 7.68. The zero-order valence-electron chi connectivity index (χ0n) is 15.4. The van der Waals surface area contributed by atoms with Gasteiger partial charge in [-0.3, -0.25) is 9.89 Å². The Hall–Kier alpha value is -2.15. The van der Waals surface area contributed by atoms with Crippen molar-refractivity contribution in [3.8, 4) is 0 Å². The van der Waals surface area contributed by atoms with Gasteiger partial charge in [0.25, 0.3) is 0 Å². The Bertz CT molecular complexity index is 701. The van der Waals surface area contributed by atoms with E-state index in [0.29, 0.717) is 31.9 Å². The monoisotopic (exact) mass is 345 g/mol. The molecule has 7 heteroatoms. The molecule has 3 rings (SSSR count). The molecule has 1 N–H and O–H groups in total. The van der Waals surface area contributed by atoms with E-state index in [1.54, 1.807) is 0 Å². The van der Waals surface area contributed by atoms with Crippen LogP contribution in [0.15, 0.2) is 24.5 Å². The average Bonchev–Trinajstić information content (AvgIpc) is 3.26. The van der Waals surface area contributed by atoms with E-state index in [1.165, 1.54) is 0 Å². The van der Waals surface area contributed by atoms with E-state index >= 15 is 0 Å². The Morgan fingerprint density at radius 3 is 2.76 bits per heavy atom. The maximum Gasteiger partial charge on any atom is 0.224 e. The Labute approximate surface area is 148 Å². The van der Waals surface area contributed by atoms with Crippen molar-refractivity contribution >= 4 is 5.91 Å². The Kier molecular flexibility index (Phi) is 4.94. The summed E-state index contributed by atoms with van der Waals surface area (Å²) in [5.74, 6) is 1.60. The van der Waals surface area contributed by atoms with Crippen LogP contribution in [0.25, 0.3) is 0 Å². The van der Waals surface area contributed by atoms with E-state index in [2.05, 4.69) is 47.4 Å². The van der Waals surface area contributed by atoms with E-state index in [0.717, 1.165) is 5.82 Å².